The van der Waals surface area contributed by atoms with Crippen LogP contribution in [0.3, 0.4) is 0 Å². The van der Waals surface area contributed by atoms with Gasteiger partial charge in [0, 0.05) is 5.92 Å². The van der Waals surface area contributed by atoms with Crippen molar-refractivity contribution in [2.45, 2.75) is 77.7 Å². The van der Waals surface area contributed by atoms with Crippen LogP contribution in [0.25, 0.3) is 0 Å². The van der Waals surface area contributed by atoms with E-state index < -0.39 is 0 Å². The lowest BCUT2D eigenvalue weighted by Gasteiger charge is -2.56. The average molecular weight is 304 g/mol. The van der Waals surface area contributed by atoms with Gasteiger partial charge in [-0.1, -0.05) is 6.92 Å². The number of aliphatic hydroxyl groups is 1. The third-order valence-corrected chi connectivity index (χ3v) is 8.42. The van der Waals surface area contributed by atoms with E-state index in [0.29, 0.717) is 17.1 Å². The SMILES string of the molecule is CC(=O)[C@H]1CC[C@H]2[C@@H]3CCC4C[C@H](O)CC[C@@H]4[C@H]3CC[C@]12C. The van der Waals surface area contributed by atoms with Gasteiger partial charge in [-0.25, -0.2) is 0 Å². The Morgan fingerprint density at radius 1 is 0.955 bits per heavy atom. The van der Waals surface area contributed by atoms with Crippen LogP contribution in [0, 0.1) is 40.9 Å². The molecule has 4 aliphatic carbocycles. The van der Waals surface area contributed by atoms with Crippen molar-refractivity contribution in [1.29, 1.82) is 0 Å². The molecule has 0 heterocycles. The maximum Gasteiger partial charge on any atom is 0.133 e. The first-order chi connectivity index (χ1) is 10.5. The van der Waals surface area contributed by atoms with Crippen LogP contribution in [-0.4, -0.2) is 17.0 Å². The topological polar surface area (TPSA) is 37.3 Å². The molecule has 0 aromatic carbocycles. The standard InChI is InChI=1S/C20H32O2/c1-12(21)18-7-8-19-17-5-3-13-11-14(22)4-6-15(13)16(17)9-10-20(18,19)2/h13-19,22H,3-11H2,1-2H3/t13?,14-,15+,16-,17-,18-,19+,20-/m1/s1. The molecule has 0 radical (unpaired) electrons. The van der Waals surface area contributed by atoms with Crippen LogP contribution in [0.15, 0.2) is 0 Å². The Hall–Kier alpha value is -0.370. The summed E-state index contributed by atoms with van der Waals surface area (Å²) in [6.07, 6.45) is 11.1. The van der Waals surface area contributed by atoms with Crippen LogP contribution in [0.5, 0.6) is 0 Å². The molecule has 1 unspecified atom stereocenters. The zero-order chi connectivity index (χ0) is 15.5. The predicted octanol–water partition coefficient (Wildman–Crippen LogP) is 4.21. The molecule has 0 amide bonds. The fourth-order valence-corrected chi connectivity index (χ4v) is 7.50. The van der Waals surface area contributed by atoms with Crippen molar-refractivity contribution < 1.29 is 9.90 Å². The van der Waals surface area contributed by atoms with Crippen LogP contribution < -0.4 is 0 Å². The minimum atomic E-state index is -0.0276. The van der Waals surface area contributed by atoms with E-state index in [9.17, 15) is 9.90 Å². The molecule has 4 fully saturated rings. The minimum Gasteiger partial charge on any atom is -0.393 e. The lowest BCUT2D eigenvalue weighted by atomic mass is 9.49. The Bertz CT molecular complexity index is 459. The van der Waals surface area contributed by atoms with Gasteiger partial charge in [0.05, 0.1) is 6.10 Å². The molecule has 1 N–H and O–H groups in total. The van der Waals surface area contributed by atoms with E-state index in [4.69, 9.17) is 0 Å². The first kappa shape index (κ1) is 15.2. The summed E-state index contributed by atoms with van der Waals surface area (Å²) in [6.45, 7) is 4.26. The number of carbonyl (C=O) groups excluding carboxylic acids is 1. The van der Waals surface area contributed by atoms with Gasteiger partial charge in [0.15, 0.2) is 0 Å². The summed E-state index contributed by atoms with van der Waals surface area (Å²) in [7, 11) is 0. The van der Waals surface area contributed by atoms with Crippen molar-refractivity contribution in [3.05, 3.63) is 0 Å². The second-order valence-corrected chi connectivity index (χ2v) is 9.19. The largest absolute Gasteiger partial charge is 0.393 e. The van der Waals surface area contributed by atoms with E-state index in [0.717, 1.165) is 48.9 Å². The summed E-state index contributed by atoms with van der Waals surface area (Å²) >= 11 is 0. The monoisotopic (exact) mass is 304 g/mol. The molecule has 8 atom stereocenters. The van der Waals surface area contributed by atoms with Gasteiger partial charge < -0.3 is 5.11 Å². The molecule has 124 valence electrons. The molecule has 4 saturated carbocycles. The maximum atomic E-state index is 12.1. The molecule has 0 bridgehead atoms. The lowest BCUT2D eigenvalue weighted by Crippen LogP contribution is -2.49. The van der Waals surface area contributed by atoms with Crippen molar-refractivity contribution in [1.82, 2.24) is 0 Å². The number of hydrogen-bond acceptors (Lipinski definition) is 2. The Morgan fingerprint density at radius 2 is 1.73 bits per heavy atom. The third kappa shape index (κ3) is 2.12. The number of ketones is 1. The zero-order valence-electron chi connectivity index (χ0n) is 14.3. The van der Waals surface area contributed by atoms with E-state index in [1.807, 2.05) is 6.92 Å². The highest BCUT2D eigenvalue weighted by atomic mass is 16.3. The molecular formula is C20H32O2. The number of aliphatic hydroxyl groups excluding tert-OH is 1. The van der Waals surface area contributed by atoms with E-state index in [1.54, 1.807) is 0 Å². The van der Waals surface area contributed by atoms with E-state index in [2.05, 4.69) is 6.92 Å². The van der Waals surface area contributed by atoms with E-state index in [-0.39, 0.29) is 6.10 Å². The molecule has 2 nitrogen and oxygen atoms in total. The summed E-state index contributed by atoms with van der Waals surface area (Å²) in [4.78, 5) is 12.1. The Labute approximate surface area is 135 Å². The quantitative estimate of drug-likeness (QED) is 0.788. The third-order valence-electron chi connectivity index (χ3n) is 8.42. The summed E-state index contributed by atoms with van der Waals surface area (Å²) in [5, 5.41) is 9.99. The Morgan fingerprint density at radius 3 is 2.50 bits per heavy atom. The fourth-order valence-electron chi connectivity index (χ4n) is 7.50. The van der Waals surface area contributed by atoms with Crippen LogP contribution in [0.1, 0.15) is 71.6 Å². The first-order valence-corrected chi connectivity index (χ1v) is 9.69. The maximum absolute atomic E-state index is 12.1. The van der Waals surface area contributed by atoms with Crippen LogP contribution in [-0.2, 0) is 4.79 Å². The number of Topliss-reactive ketones (excluding diaryl/α,β-unsaturated/α-hetero) is 1. The number of hydrogen-bond donors (Lipinski definition) is 1. The van der Waals surface area contributed by atoms with Crippen molar-refractivity contribution >= 4 is 5.78 Å². The normalized spacial score (nSPS) is 54.2. The van der Waals surface area contributed by atoms with Crippen LogP contribution in [0.2, 0.25) is 0 Å². The molecule has 4 aliphatic rings. The molecule has 4 rings (SSSR count). The smallest absolute Gasteiger partial charge is 0.133 e. The summed E-state index contributed by atoms with van der Waals surface area (Å²) in [5.74, 6) is 5.02. The first-order valence-electron chi connectivity index (χ1n) is 9.69. The Kier molecular flexibility index (Phi) is 3.67. The molecule has 0 aromatic rings. The van der Waals surface area contributed by atoms with E-state index in [1.165, 1.54) is 38.5 Å². The summed E-state index contributed by atoms with van der Waals surface area (Å²) in [5.41, 5.74) is 0.300. The predicted molar refractivity (Wildman–Crippen MR) is 87.3 cm³/mol. The lowest BCUT2D eigenvalue weighted by molar-refractivity contribution is -0.128. The highest BCUT2D eigenvalue weighted by Gasteiger charge is 2.57. The molecule has 0 aliphatic heterocycles. The summed E-state index contributed by atoms with van der Waals surface area (Å²) < 4.78 is 0. The van der Waals surface area contributed by atoms with Crippen molar-refractivity contribution in [3.8, 4) is 0 Å². The molecule has 0 aromatic heterocycles. The summed E-state index contributed by atoms with van der Waals surface area (Å²) in [6, 6.07) is 0. The minimum absolute atomic E-state index is 0.0276. The number of fused-ring (bicyclic) bond motifs is 5. The van der Waals surface area contributed by atoms with E-state index >= 15 is 0 Å². The van der Waals surface area contributed by atoms with Crippen LogP contribution >= 0.6 is 0 Å². The van der Waals surface area contributed by atoms with Crippen molar-refractivity contribution in [3.63, 3.8) is 0 Å². The van der Waals surface area contributed by atoms with Gasteiger partial charge in [0.2, 0.25) is 0 Å². The van der Waals surface area contributed by atoms with Gasteiger partial charge >= 0.3 is 0 Å². The van der Waals surface area contributed by atoms with Gasteiger partial charge in [0.25, 0.3) is 0 Å². The van der Waals surface area contributed by atoms with Gasteiger partial charge in [-0.05, 0) is 99.7 Å². The number of carbonyl (C=O) groups is 1. The van der Waals surface area contributed by atoms with Gasteiger partial charge in [-0.2, -0.15) is 0 Å². The zero-order valence-corrected chi connectivity index (χ0v) is 14.3. The second kappa shape index (κ2) is 5.33. The highest BCUT2D eigenvalue weighted by molar-refractivity contribution is 5.79. The van der Waals surface area contributed by atoms with Gasteiger partial charge in [-0.3, -0.25) is 4.79 Å². The highest BCUT2D eigenvalue weighted by Crippen LogP contribution is 2.64. The molecular weight excluding hydrogens is 272 g/mol. The second-order valence-electron chi connectivity index (χ2n) is 9.19. The molecule has 0 spiro atoms. The van der Waals surface area contributed by atoms with Crippen molar-refractivity contribution in [2.24, 2.45) is 40.9 Å². The Balaban J connectivity index is 1.56. The fraction of sp³-hybridized carbons (Fsp3) is 0.950. The van der Waals surface area contributed by atoms with Crippen molar-refractivity contribution in [2.75, 3.05) is 0 Å². The molecule has 0 saturated heterocycles. The van der Waals surface area contributed by atoms with Gasteiger partial charge in [0.1, 0.15) is 5.78 Å². The molecule has 22 heavy (non-hydrogen) atoms. The van der Waals surface area contributed by atoms with Crippen LogP contribution in [0.4, 0.5) is 0 Å². The van der Waals surface area contributed by atoms with Gasteiger partial charge in [-0.15, -0.1) is 0 Å². The molecule has 2 heteroatoms. The number of rotatable bonds is 1. The average Bonchev–Trinajstić information content (AvgIpc) is 2.84.